The maximum absolute atomic E-state index is 14.3. The van der Waals surface area contributed by atoms with Gasteiger partial charge < -0.3 is 5.11 Å². The van der Waals surface area contributed by atoms with Gasteiger partial charge in [0, 0.05) is 10.3 Å². The van der Waals surface area contributed by atoms with E-state index in [0.29, 0.717) is 17.8 Å². The summed E-state index contributed by atoms with van der Waals surface area (Å²) in [6.07, 6.45) is -3.78. The summed E-state index contributed by atoms with van der Waals surface area (Å²) in [6, 6.07) is 0. The van der Waals surface area contributed by atoms with Crippen LogP contribution < -0.4 is 0 Å². The number of halogens is 8. The molecule has 1 N–H and O–H groups in total. The minimum atomic E-state index is -5.99. The van der Waals surface area contributed by atoms with Gasteiger partial charge in [0.2, 0.25) is 0 Å². The fourth-order valence-corrected chi connectivity index (χ4v) is 10.4. The largest absolute Gasteiger partial charge is 0.431 e. The van der Waals surface area contributed by atoms with E-state index in [0.717, 1.165) is 51.4 Å². The first kappa shape index (κ1) is 28.9. The van der Waals surface area contributed by atoms with Crippen molar-refractivity contribution < 1.29 is 35.8 Å². The topological polar surface area (TPSA) is 20.2 Å². The van der Waals surface area contributed by atoms with Gasteiger partial charge >= 0.3 is 12.4 Å². The zero-order chi connectivity index (χ0) is 26.9. The van der Waals surface area contributed by atoms with Crippen LogP contribution in [0.15, 0.2) is 11.6 Å². The lowest BCUT2D eigenvalue weighted by Gasteiger charge is -2.58. The fourth-order valence-electron chi connectivity index (χ4n) is 8.97. The second-order valence-electron chi connectivity index (χ2n) is 12.7. The number of aliphatic hydroxyl groups excluding tert-OH is 1. The van der Waals surface area contributed by atoms with Gasteiger partial charge in [0.25, 0.3) is 5.67 Å². The van der Waals surface area contributed by atoms with Gasteiger partial charge in [-0.05, 0) is 98.2 Å². The molecule has 208 valence electrons. The quantitative estimate of drug-likeness (QED) is 0.138. The van der Waals surface area contributed by atoms with Crippen molar-refractivity contribution in [1.82, 2.24) is 0 Å². The fraction of sp³-hybridized carbons (Fsp3) is 0.926. The number of allylic oxidation sites excluding steroid dienone is 1. The molecule has 4 aliphatic carbocycles. The third-order valence-electron chi connectivity index (χ3n) is 10.9. The van der Waals surface area contributed by atoms with Crippen LogP contribution in [0.2, 0.25) is 0 Å². The zero-order valence-electron chi connectivity index (χ0n) is 21.2. The molecule has 3 saturated carbocycles. The van der Waals surface area contributed by atoms with E-state index in [1.807, 2.05) is 6.92 Å². The molecule has 0 radical (unpaired) electrons. The van der Waals surface area contributed by atoms with Crippen LogP contribution in [0.25, 0.3) is 0 Å². The Bertz CT molecular complexity index is 840. The molecule has 0 amide bonds. The molecule has 3 fully saturated rings. The Morgan fingerprint density at radius 2 is 1.61 bits per heavy atom. The van der Waals surface area contributed by atoms with Crippen LogP contribution in [0.1, 0.15) is 85.0 Å². The summed E-state index contributed by atoms with van der Waals surface area (Å²) in [7, 11) is 0. The normalized spacial score (nSPS) is 41.1. The summed E-state index contributed by atoms with van der Waals surface area (Å²) < 4.78 is 91.8. The van der Waals surface area contributed by atoms with E-state index in [1.54, 1.807) is 22.6 Å². The maximum atomic E-state index is 14.3. The van der Waals surface area contributed by atoms with Crippen molar-refractivity contribution in [2.45, 2.75) is 113 Å². The highest BCUT2D eigenvalue weighted by Gasteiger charge is 2.72. The molecule has 4 aliphatic rings. The van der Waals surface area contributed by atoms with Crippen molar-refractivity contribution in [1.29, 1.82) is 0 Å². The maximum Gasteiger partial charge on any atom is 0.431 e. The van der Waals surface area contributed by atoms with Crippen LogP contribution in [0.3, 0.4) is 0 Å². The molecule has 1 nitrogen and oxygen atoms in total. The average Bonchev–Trinajstić information content (AvgIpc) is 3.10. The minimum Gasteiger partial charge on any atom is -0.393 e. The molecular weight excluding hydrogens is 600 g/mol. The van der Waals surface area contributed by atoms with E-state index in [1.165, 1.54) is 5.57 Å². The first-order valence-corrected chi connectivity index (χ1v) is 14.5. The molecule has 0 aromatic carbocycles. The van der Waals surface area contributed by atoms with Crippen LogP contribution in [0.4, 0.5) is 30.7 Å². The van der Waals surface area contributed by atoms with E-state index in [-0.39, 0.29) is 35.2 Å². The van der Waals surface area contributed by atoms with Crippen LogP contribution in [-0.2, 0) is 0 Å². The van der Waals surface area contributed by atoms with E-state index in [9.17, 15) is 35.8 Å². The SMILES string of the molecule is C[C@H](CC(I)CC(F)(C(F)(F)F)C(F)(F)F)[C@H]1CC[C@H]2[C@@H]3CC=C4C[C@@H](O)CC[C@]4(C)[C@H]3CC[C@]12C. The molecule has 9 heteroatoms. The number of rotatable bonds is 5. The van der Waals surface area contributed by atoms with E-state index in [4.69, 9.17) is 0 Å². The van der Waals surface area contributed by atoms with Crippen LogP contribution in [0.5, 0.6) is 0 Å². The van der Waals surface area contributed by atoms with Crippen molar-refractivity contribution in [2.75, 3.05) is 0 Å². The van der Waals surface area contributed by atoms with Crippen LogP contribution >= 0.6 is 22.6 Å². The first-order valence-electron chi connectivity index (χ1n) is 13.3. The van der Waals surface area contributed by atoms with Crippen molar-refractivity contribution in [2.24, 2.45) is 40.4 Å². The lowest BCUT2D eigenvalue weighted by Crippen LogP contribution is -2.54. The van der Waals surface area contributed by atoms with Gasteiger partial charge in [-0.3, -0.25) is 0 Å². The third-order valence-corrected chi connectivity index (χ3v) is 11.8. The predicted octanol–water partition coefficient (Wildman–Crippen LogP) is 8.98. The van der Waals surface area contributed by atoms with Gasteiger partial charge in [-0.1, -0.05) is 55.0 Å². The van der Waals surface area contributed by atoms with Crippen molar-refractivity contribution in [3.05, 3.63) is 11.6 Å². The Kier molecular flexibility index (Phi) is 7.67. The van der Waals surface area contributed by atoms with Gasteiger partial charge in [0.1, 0.15) is 0 Å². The Balaban J connectivity index is 1.47. The molecule has 0 bridgehead atoms. The van der Waals surface area contributed by atoms with Crippen molar-refractivity contribution >= 4 is 22.6 Å². The summed E-state index contributed by atoms with van der Waals surface area (Å²) in [6.45, 7) is 6.56. The van der Waals surface area contributed by atoms with E-state index >= 15 is 0 Å². The number of hydrogen-bond donors (Lipinski definition) is 1. The smallest absolute Gasteiger partial charge is 0.393 e. The zero-order valence-corrected chi connectivity index (χ0v) is 23.3. The number of aliphatic hydroxyl groups is 1. The number of fused-ring (bicyclic) bond motifs is 5. The number of hydrogen-bond acceptors (Lipinski definition) is 1. The Morgan fingerprint density at radius 1 is 0.972 bits per heavy atom. The molecule has 9 atom stereocenters. The van der Waals surface area contributed by atoms with Crippen LogP contribution in [-0.4, -0.2) is 33.2 Å². The Labute approximate surface area is 223 Å². The molecule has 0 aliphatic heterocycles. The van der Waals surface area contributed by atoms with Crippen LogP contribution in [0, 0.1) is 40.4 Å². The molecule has 0 aromatic heterocycles. The monoisotopic (exact) mass is 638 g/mol. The molecule has 1 unspecified atom stereocenters. The lowest BCUT2D eigenvalue weighted by atomic mass is 9.47. The van der Waals surface area contributed by atoms with Crippen molar-refractivity contribution in [3.63, 3.8) is 0 Å². The van der Waals surface area contributed by atoms with Gasteiger partial charge in [0.05, 0.1) is 6.10 Å². The van der Waals surface area contributed by atoms with E-state index in [2.05, 4.69) is 19.9 Å². The Morgan fingerprint density at radius 3 is 2.22 bits per heavy atom. The third kappa shape index (κ3) is 4.66. The second kappa shape index (κ2) is 9.54. The van der Waals surface area contributed by atoms with Gasteiger partial charge in [-0.25, -0.2) is 4.39 Å². The summed E-state index contributed by atoms with van der Waals surface area (Å²) in [5.74, 6) is 1.68. The molecule has 4 rings (SSSR count). The summed E-state index contributed by atoms with van der Waals surface area (Å²) in [5, 5.41) is 10.2. The van der Waals surface area contributed by atoms with Gasteiger partial charge in [0.15, 0.2) is 0 Å². The summed E-state index contributed by atoms with van der Waals surface area (Å²) >= 11 is 1.59. The highest BCUT2D eigenvalue weighted by atomic mass is 127. The van der Waals surface area contributed by atoms with Gasteiger partial charge in [-0.15, -0.1) is 0 Å². The molecule has 0 spiro atoms. The van der Waals surface area contributed by atoms with E-state index < -0.39 is 28.4 Å². The predicted molar refractivity (Wildman–Crippen MR) is 133 cm³/mol. The summed E-state index contributed by atoms with van der Waals surface area (Å²) in [4.78, 5) is 0. The molecule has 0 saturated heterocycles. The molecule has 0 aromatic rings. The molecule has 36 heavy (non-hydrogen) atoms. The standard InChI is InChI=1S/C27H38F7IO/c1-15(12-17(35)14-25(28,26(29,30)31)27(32,33)34)20-6-7-21-19-5-4-16-13-18(36)8-10-23(16,2)22(19)9-11-24(20,21)3/h4,15,17-22,36H,5-14H2,1-3H3/t15-,17?,18+,19+,20-,21+,22+,23+,24-/m1/s1. The first-order chi connectivity index (χ1) is 16.4. The van der Waals surface area contributed by atoms with Crippen molar-refractivity contribution in [3.8, 4) is 0 Å². The average molecular weight is 638 g/mol. The minimum absolute atomic E-state index is 0.00627. The number of alkyl halides is 8. The summed E-state index contributed by atoms with van der Waals surface area (Å²) in [5.41, 5.74) is -3.68. The molecular formula is C27H38F7IO. The molecule has 0 heterocycles. The Hall–Kier alpha value is -0.0600. The highest BCUT2D eigenvalue weighted by Crippen LogP contribution is 2.67. The lowest BCUT2D eigenvalue weighted by molar-refractivity contribution is -0.343. The second-order valence-corrected chi connectivity index (χ2v) is 14.5. The van der Waals surface area contributed by atoms with Gasteiger partial charge in [-0.2, -0.15) is 26.3 Å². The highest BCUT2D eigenvalue weighted by molar-refractivity contribution is 14.1.